The molecule has 0 spiro atoms. The molecular weight excluding hydrogens is 426 g/mol. The molecule has 0 saturated heterocycles. The summed E-state index contributed by atoms with van der Waals surface area (Å²) in [6, 6.07) is 22.7. The van der Waals surface area contributed by atoms with Gasteiger partial charge in [-0.2, -0.15) is 0 Å². The predicted octanol–water partition coefficient (Wildman–Crippen LogP) is 4.87. The molecule has 1 N–H and O–H groups in total. The van der Waals surface area contributed by atoms with Crippen molar-refractivity contribution in [1.82, 2.24) is 5.32 Å². The zero-order chi connectivity index (χ0) is 22.9. The summed E-state index contributed by atoms with van der Waals surface area (Å²) in [5.41, 5.74) is 1.91. The molecule has 32 heavy (non-hydrogen) atoms. The van der Waals surface area contributed by atoms with Crippen LogP contribution in [0.2, 0.25) is 5.02 Å². The number of ether oxygens (including phenoxy) is 1. The highest BCUT2D eigenvalue weighted by atomic mass is 35.5. The number of hydrogen-bond acceptors (Lipinski definition) is 4. The van der Waals surface area contributed by atoms with Crippen molar-refractivity contribution in [3.8, 4) is 0 Å². The Hall–Kier alpha value is -3.44. The van der Waals surface area contributed by atoms with Crippen LogP contribution in [0.4, 0.5) is 0 Å². The maximum absolute atomic E-state index is 12.8. The third-order valence-electron chi connectivity index (χ3n) is 4.95. The summed E-state index contributed by atoms with van der Waals surface area (Å²) >= 11 is 5.88. The molecule has 3 aromatic rings. The van der Waals surface area contributed by atoms with Gasteiger partial charge >= 0.3 is 5.97 Å². The average Bonchev–Trinajstić information content (AvgIpc) is 2.82. The smallest absolute Gasteiger partial charge is 0.339 e. The van der Waals surface area contributed by atoms with Crippen LogP contribution in [0.3, 0.4) is 0 Å². The number of ketones is 1. The van der Waals surface area contributed by atoms with E-state index in [0.29, 0.717) is 10.6 Å². The van der Waals surface area contributed by atoms with Gasteiger partial charge in [-0.3, -0.25) is 9.59 Å². The Labute approximate surface area is 192 Å². The second kappa shape index (κ2) is 11.3. The van der Waals surface area contributed by atoms with Crippen LogP contribution in [0, 0.1) is 0 Å². The molecule has 6 heteroatoms. The van der Waals surface area contributed by atoms with Crippen molar-refractivity contribution < 1.29 is 19.1 Å². The van der Waals surface area contributed by atoms with Crippen molar-refractivity contribution in [2.45, 2.75) is 25.8 Å². The van der Waals surface area contributed by atoms with E-state index in [0.717, 1.165) is 12.8 Å². The molecule has 0 radical (unpaired) electrons. The molecule has 5 nitrogen and oxygen atoms in total. The molecule has 0 saturated carbocycles. The van der Waals surface area contributed by atoms with Crippen LogP contribution in [-0.2, 0) is 16.0 Å². The number of benzene rings is 3. The Bertz CT molecular complexity index is 1080. The average molecular weight is 450 g/mol. The third kappa shape index (κ3) is 6.53. The van der Waals surface area contributed by atoms with Gasteiger partial charge < -0.3 is 10.1 Å². The van der Waals surface area contributed by atoms with Crippen LogP contribution >= 0.6 is 11.6 Å². The van der Waals surface area contributed by atoms with E-state index in [-0.39, 0.29) is 28.9 Å². The molecule has 0 bridgehead atoms. The van der Waals surface area contributed by atoms with Crippen molar-refractivity contribution in [3.63, 3.8) is 0 Å². The molecule has 164 valence electrons. The second-order valence-corrected chi connectivity index (χ2v) is 7.89. The number of nitrogens with one attached hydrogen (secondary N) is 1. The van der Waals surface area contributed by atoms with Crippen LogP contribution in [0.1, 0.15) is 45.2 Å². The van der Waals surface area contributed by atoms with E-state index in [1.165, 1.54) is 11.6 Å². The Morgan fingerprint density at radius 2 is 1.50 bits per heavy atom. The van der Waals surface area contributed by atoms with Gasteiger partial charge in [0.2, 0.25) is 0 Å². The summed E-state index contributed by atoms with van der Waals surface area (Å²) in [6.07, 6.45) is 1.60. The van der Waals surface area contributed by atoms with E-state index in [9.17, 15) is 14.4 Å². The second-order valence-electron chi connectivity index (χ2n) is 7.45. The van der Waals surface area contributed by atoms with Crippen molar-refractivity contribution in [2.24, 2.45) is 0 Å². The molecule has 1 unspecified atom stereocenters. The van der Waals surface area contributed by atoms with Crippen LogP contribution < -0.4 is 5.32 Å². The van der Waals surface area contributed by atoms with E-state index in [2.05, 4.69) is 5.32 Å². The van der Waals surface area contributed by atoms with E-state index >= 15 is 0 Å². The highest BCUT2D eigenvalue weighted by molar-refractivity contribution is 6.30. The lowest BCUT2D eigenvalue weighted by Crippen LogP contribution is -2.36. The molecule has 3 rings (SSSR count). The summed E-state index contributed by atoms with van der Waals surface area (Å²) in [4.78, 5) is 37.6. The van der Waals surface area contributed by atoms with Crippen molar-refractivity contribution in [1.29, 1.82) is 0 Å². The first-order valence-electron chi connectivity index (χ1n) is 10.3. The summed E-state index contributed by atoms with van der Waals surface area (Å²) in [7, 11) is 0. The molecular formula is C26H24ClNO4. The molecule has 0 heterocycles. The molecule has 1 amide bonds. The number of carbonyl (C=O) groups is 3. The minimum Gasteiger partial charge on any atom is -0.452 e. The fourth-order valence-electron chi connectivity index (χ4n) is 3.24. The van der Waals surface area contributed by atoms with Crippen molar-refractivity contribution in [2.75, 3.05) is 6.61 Å². The number of esters is 1. The quantitative estimate of drug-likeness (QED) is 0.374. The Balaban J connectivity index is 1.55. The number of aryl methyl sites for hydroxylation is 1. The predicted molar refractivity (Wildman–Crippen MR) is 124 cm³/mol. The topological polar surface area (TPSA) is 72.5 Å². The monoisotopic (exact) mass is 449 g/mol. The lowest BCUT2D eigenvalue weighted by molar-refractivity contribution is -0.124. The van der Waals surface area contributed by atoms with E-state index in [1.807, 2.05) is 37.3 Å². The maximum Gasteiger partial charge on any atom is 0.339 e. The van der Waals surface area contributed by atoms with Gasteiger partial charge in [0.25, 0.3) is 5.91 Å². The van der Waals surface area contributed by atoms with Gasteiger partial charge in [0, 0.05) is 22.2 Å². The zero-order valence-electron chi connectivity index (χ0n) is 17.7. The van der Waals surface area contributed by atoms with Gasteiger partial charge in [-0.05, 0) is 55.7 Å². The van der Waals surface area contributed by atoms with E-state index in [1.54, 1.807) is 42.5 Å². The van der Waals surface area contributed by atoms with Gasteiger partial charge in [0.1, 0.15) is 0 Å². The van der Waals surface area contributed by atoms with Gasteiger partial charge in [0.05, 0.1) is 5.56 Å². The van der Waals surface area contributed by atoms with E-state index in [4.69, 9.17) is 16.3 Å². The third-order valence-corrected chi connectivity index (χ3v) is 5.20. The Kier molecular flexibility index (Phi) is 8.17. The SMILES string of the molecule is CC(CCc1ccccc1)NC(=O)COC(=O)c1ccccc1C(=O)c1ccc(Cl)cc1. The number of carbonyl (C=O) groups excluding carboxylic acids is 3. The van der Waals surface area contributed by atoms with Gasteiger partial charge in [0.15, 0.2) is 12.4 Å². The molecule has 0 aliphatic heterocycles. The first-order chi connectivity index (χ1) is 15.4. The molecule has 0 aliphatic carbocycles. The number of rotatable bonds is 9. The number of amides is 1. The fourth-order valence-corrected chi connectivity index (χ4v) is 3.37. The van der Waals surface area contributed by atoms with E-state index < -0.39 is 12.6 Å². The minimum absolute atomic E-state index is 0.0693. The largest absolute Gasteiger partial charge is 0.452 e. The molecule has 0 fully saturated rings. The summed E-state index contributed by atoms with van der Waals surface area (Å²) in [6.45, 7) is 1.49. The van der Waals surface area contributed by atoms with Crippen molar-refractivity contribution >= 4 is 29.3 Å². The zero-order valence-corrected chi connectivity index (χ0v) is 18.5. The molecule has 1 atom stereocenters. The first-order valence-corrected chi connectivity index (χ1v) is 10.7. The highest BCUT2D eigenvalue weighted by Crippen LogP contribution is 2.18. The minimum atomic E-state index is -0.727. The molecule has 0 aliphatic rings. The lowest BCUT2D eigenvalue weighted by atomic mass is 9.98. The lowest BCUT2D eigenvalue weighted by Gasteiger charge is -2.14. The normalized spacial score (nSPS) is 11.4. The Morgan fingerprint density at radius 3 is 2.19 bits per heavy atom. The maximum atomic E-state index is 12.8. The first kappa shape index (κ1) is 23.2. The van der Waals surface area contributed by atoms with Crippen LogP contribution in [-0.4, -0.2) is 30.3 Å². The van der Waals surface area contributed by atoms with Gasteiger partial charge in [-0.1, -0.05) is 60.1 Å². The van der Waals surface area contributed by atoms with Crippen LogP contribution in [0.15, 0.2) is 78.9 Å². The molecule has 3 aromatic carbocycles. The Morgan fingerprint density at radius 1 is 0.875 bits per heavy atom. The number of hydrogen-bond donors (Lipinski definition) is 1. The van der Waals surface area contributed by atoms with Gasteiger partial charge in [-0.15, -0.1) is 0 Å². The standard InChI is InChI=1S/C26H24ClNO4/c1-18(11-12-19-7-3-2-4-8-19)28-24(29)17-32-26(31)23-10-6-5-9-22(23)25(30)20-13-15-21(27)16-14-20/h2-10,13-16,18H,11-12,17H2,1H3,(H,28,29). The fraction of sp³-hybridized carbons (Fsp3) is 0.192. The summed E-state index contributed by atoms with van der Waals surface area (Å²) in [5.74, 6) is -1.44. The van der Waals surface area contributed by atoms with Crippen LogP contribution in [0.25, 0.3) is 0 Å². The van der Waals surface area contributed by atoms with Crippen molar-refractivity contribution in [3.05, 3.63) is 106 Å². The number of halogens is 1. The highest BCUT2D eigenvalue weighted by Gasteiger charge is 2.20. The molecule has 0 aromatic heterocycles. The summed E-state index contributed by atoms with van der Waals surface area (Å²) in [5, 5.41) is 3.34. The van der Waals surface area contributed by atoms with Gasteiger partial charge in [-0.25, -0.2) is 4.79 Å². The van der Waals surface area contributed by atoms with Crippen LogP contribution in [0.5, 0.6) is 0 Å². The summed E-state index contributed by atoms with van der Waals surface area (Å²) < 4.78 is 5.18.